The van der Waals surface area contributed by atoms with Gasteiger partial charge in [0, 0.05) is 26.2 Å². The minimum absolute atomic E-state index is 0.0347. The van der Waals surface area contributed by atoms with Crippen LogP contribution in [0, 0.1) is 5.92 Å². The van der Waals surface area contributed by atoms with Gasteiger partial charge in [-0.25, -0.2) is 0 Å². The predicted molar refractivity (Wildman–Crippen MR) is 129 cm³/mol. The zero-order valence-corrected chi connectivity index (χ0v) is 20.7. The molecule has 8 nitrogen and oxygen atoms in total. The van der Waals surface area contributed by atoms with Gasteiger partial charge in [-0.05, 0) is 73.1 Å². The van der Waals surface area contributed by atoms with E-state index in [1.165, 1.54) is 28.1 Å². The number of aryl methyl sites for hydroxylation is 2. The van der Waals surface area contributed by atoms with Crippen LogP contribution < -0.4 is 9.47 Å². The molecular weight excluding hydrogens is 452 g/mol. The van der Waals surface area contributed by atoms with Crippen LogP contribution in [0.1, 0.15) is 49.8 Å². The number of rotatable bonds is 10. The fourth-order valence-electron chi connectivity index (χ4n) is 4.76. The van der Waals surface area contributed by atoms with Crippen LogP contribution in [-0.2, 0) is 38.3 Å². The second-order valence-corrected chi connectivity index (χ2v) is 8.96. The molecule has 0 aromatic heterocycles. The molecule has 190 valence electrons. The Morgan fingerprint density at radius 3 is 2.29 bits per heavy atom. The van der Waals surface area contributed by atoms with Gasteiger partial charge in [-0.3, -0.25) is 9.59 Å². The van der Waals surface area contributed by atoms with E-state index in [0.29, 0.717) is 37.2 Å². The fraction of sp³-hybridized carbons (Fsp3) is 0.481. The number of hydrogen-bond donors (Lipinski definition) is 2. The molecule has 0 spiro atoms. The van der Waals surface area contributed by atoms with Crippen molar-refractivity contribution >= 4 is 11.9 Å². The van der Waals surface area contributed by atoms with Gasteiger partial charge in [0.25, 0.3) is 0 Å². The SMILES string of the molecule is COc1cc(CCC(CC(OC(C)=O)C2CCc3cc(O)c(OC)cc3C2)OC(C)=O)ccc1O. The molecule has 1 aliphatic rings. The lowest BCUT2D eigenvalue weighted by atomic mass is 9.79. The van der Waals surface area contributed by atoms with Crippen molar-refractivity contribution in [2.24, 2.45) is 5.92 Å². The molecular formula is C27H34O8. The lowest BCUT2D eigenvalue weighted by Crippen LogP contribution is -2.35. The van der Waals surface area contributed by atoms with Gasteiger partial charge in [-0.2, -0.15) is 0 Å². The maximum Gasteiger partial charge on any atom is 0.302 e. The first-order valence-corrected chi connectivity index (χ1v) is 11.8. The number of aromatic hydroxyl groups is 2. The van der Waals surface area contributed by atoms with Crippen LogP contribution in [0.25, 0.3) is 0 Å². The van der Waals surface area contributed by atoms with Crippen molar-refractivity contribution < 1.29 is 38.7 Å². The Labute approximate surface area is 205 Å². The molecule has 0 saturated carbocycles. The molecule has 0 fully saturated rings. The van der Waals surface area contributed by atoms with Gasteiger partial charge < -0.3 is 29.2 Å². The smallest absolute Gasteiger partial charge is 0.302 e. The average Bonchev–Trinajstić information content (AvgIpc) is 2.81. The Hall–Kier alpha value is -3.42. The number of phenolic OH excluding ortho intramolecular Hbond substituents is 2. The first-order chi connectivity index (χ1) is 16.7. The molecule has 0 radical (unpaired) electrons. The minimum atomic E-state index is -0.451. The summed E-state index contributed by atoms with van der Waals surface area (Å²) in [6.45, 7) is 2.75. The molecule has 2 N–H and O–H groups in total. The Morgan fingerprint density at radius 1 is 0.943 bits per heavy atom. The third kappa shape index (κ3) is 7.04. The topological polar surface area (TPSA) is 112 Å². The molecule has 0 bridgehead atoms. The standard InChI is InChI=1S/C27H34O8/c1-16(28)34-22(9-5-18-6-10-23(30)26(11-18)32-3)15-25(35-17(2)29)20-8-7-19-13-24(31)27(33-4)14-21(19)12-20/h6,10-11,13-14,20,22,25,30-31H,5,7-9,12,15H2,1-4H3. The molecule has 0 saturated heterocycles. The molecule has 3 unspecified atom stereocenters. The first kappa shape index (κ1) is 26.2. The van der Waals surface area contributed by atoms with Crippen molar-refractivity contribution in [2.75, 3.05) is 14.2 Å². The van der Waals surface area contributed by atoms with E-state index < -0.39 is 18.2 Å². The third-order valence-corrected chi connectivity index (χ3v) is 6.44. The third-order valence-electron chi connectivity index (χ3n) is 6.44. The van der Waals surface area contributed by atoms with Crippen LogP contribution in [-0.4, -0.2) is 48.6 Å². The van der Waals surface area contributed by atoms with Gasteiger partial charge in [-0.1, -0.05) is 6.07 Å². The zero-order chi connectivity index (χ0) is 25.5. The monoisotopic (exact) mass is 486 g/mol. The van der Waals surface area contributed by atoms with Gasteiger partial charge >= 0.3 is 11.9 Å². The summed E-state index contributed by atoms with van der Waals surface area (Å²) in [6, 6.07) is 8.70. The largest absolute Gasteiger partial charge is 0.504 e. The van der Waals surface area contributed by atoms with Crippen LogP contribution in [0.15, 0.2) is 30.3 Å². The highest BCUT2D eigenvalue weighted by Crippen LogP contribution is 2.37. The number of carbonyl (C=O) groups is 2. The van der Waals surface area contributed by atoms with E-state index in [1.54, 1.807) is 24.3 Å². The number of hydrogen-bond acceptors (Lipinski definition) is 8. The number of methoxy groups -OCH3 is 2. The Kier molecular flexibility index (Phi) is 8.84. The fourth-order valence-corrected chi connectivity index (χ4v) is 4.76. The molecule has 3 rings (SSSR count). The van der Waals surface area contributed by atoms with E-state index in [-0.39, 0.29) is 23.4 Å². The van der Waals surface area contributed by atoms with Crippen molar-refractivity contribution in [1.82, 2.24) is 0 Å². The van der Waals surface area contributed by atoms with E-state index in [4.69, 9.17) is 18.9 Å². The highest BCUT2D eigenvalue weighted by atomic mass is 16.6. The second kappa shape index (κ2) is 11.8. The summed E-state index contributed by atoms with van der Waals surface area (Å²) in [6.07, 6.45) is 2.78. The van der Waals surface area contributed by atoms with Crippen molar-refractivity contribution in [1.29, 1.82) is 0 Å². The summed E-state index contributed by atoms with van der Waals surface area (Å²) >= 11 is 0. The molecule has 1 aliphatic carbocycles. The van der Waals surface area contributed by atoms with Crippen molar-refractivity contribution in [3.63, 3.8) is 0 Å². The predicted octanol–water partition coefficient (Wildman–Crippen LogP) is 4.11. The van der Waals surface area contributed by atoms with E-state index in [9.17, 15) is 19.8 Å². The lowest BCUT2D eigenvalue weighted by molar-refractivity contribution is -0.155. The summed E-state index contributed by atoms with van der Waals surface area (Å²) in [7, 11) is 3.00. The normalized spacial score (nSPS) is 16.5. The van der Waals surface area contributed by atoms with Gasteiger partial charge in [0.2, 0.25) is 0 Å². The molecule has 0 heterocycles. The molecule has 35 heavy (non-hydrogen) atoms. The van der Waals surface area contributed by atoms with Gasteiger partial charge in [0.15, 0.2) is 23.0 Å². The van der Waals surface area contributed by atoms with E-state index in [2.05, 4.69) is 0 Å². The van der Waals surface area contributed by atoms with Crippen LogP contribution in [0.5, 0.6) is 23.0 Å². The summed E-state index contributed by atoms with van der Waals surface area (Å²) in [4.78, 5) is 23.8. The van der Waals surface area contributed by atoms with Crippen LogP contribution in [0.3, 0.4) is 0 Å². The van der Waals surface area contributed by atoms with Gasteiger partial charge in [0.1, 0.15) is 12.2 Å². The van der Waals surface area contributed by atoms with E-state index >= 15 is 0 Å². The summed E-state index contributed by atoms with van der Waals surface area (Å²) in [5, 5.41) is 19.9. The number of fused-ring (bicyclic) bond motifs is 1. The van der Waals surface area contributed by atoms with Crippen molar-refractivity contribution in [3.05, 3.63) is 47.0 Å². The lowest BCUT2D eigenvalue weighted by Gasteiger charge is -2.33. The van der Waals surface area contributed by atoms with Crippen LogP contribution in [0.2, 0.25) is 0 Å². The van der Waals surface area contributed by atoms with Crippen molar-refractivity contribution in [2.45, 2.75) is 64.6 Å². The Balaban J connectivity index is 1.76. The van der Waals surface area contributed by atoms with Crippen LogP contribution >= 0.6 is 0 Å². The van der Waals surface area contributed by atoms with Crippen molar-refractivity contribution in [3.8, 4) is 23.0 Å². The highest BCUT2D eigenvalue weighted by Gasteiger charge is 2.32. The number of ether oxygens (including phenoxy) is 4. The van der Waals surface area contributed by atoms with E-state index in [1.807, 2.05) is 6.07 Å². The Morgan fingerprint density at radius 2 is 1.63 bits per heavy atom. The van der Waals surface area contributed by atoms with E-state index in [0.717, 1.165) is 29.5 Å². The number of phenols is 2. The minimum Gasteiger partial charge on any atom is -0.504 e. The highest BCUT2D eigenvalue weighted by molar-refractivity contribution is 5.66. The number of carbonyl (C=O) groups excluding carboxylic acids is 2. The molecule has 3 atom stereocenters. The average molecular weight is 487 g/mol. The number of esters is 2. The maximum absolute atomic E-state index is 12.0. The van der Waals surface area contributed by atoms with Crippen LogP contribution in [0.4, 0.5) is 0 Å². The van der Waals surface area contributed by atoms with Gasteiger partial charge in [0.05, 0.1) is 14.2 Å². The summed E-state index contributed by atoms with van der Waals surface area (Å²) in [5.74, 6) is 0.227. The molecule has 2 aromatic carbocycles. The molecule has 0 aliphatic heterocycles. The molecule has 0 amide bonds. The molecule has 8 heteroatoms. The first-order valence-electron chi connectivity index (χ1n) is 11.8. The second-order valence-electron chi connectivity index (χ2n) is 8.96. The molecule has 2 aromatic rings. The maximum atomic E-state index is 12.0. The zero-order valence-electron chi connectivity index (χ0n) is 20.7. The summed E-state index contributed by atoms with van der Waals surface area (Å²) < 4.78 is 21.8. The summed E-state index contributed by atoms with van der Waals surface area (Å²) in [5.41, 5.74) is 3.03. The Bertz CT molecular complexity index is 1050. The number of benzene rings is 2. The quantitative estimate of drug-likeness (QED) is 0.483. The van der Waals surface area contributed by atoms with Gasteiger partial charge in [-0.15, -0.1) is 0 Å².